The van der Waals surface area contributed by atoms with E-state index in [1.807, 2.05) is 13.1 Å². The van der Waals surface area contributed by atoms with E-state index in [0.717, 1.165) is 25.2 Å². The second-order valence-corrected chi connectivity index (χ2v) is 4.41. The number of nitrogens with one attached hydrogen (secondary N) is 1. The standard InChI is InChI=1S/C12H20N4O/c1-9-8-10(17-3)5-7-16(9)11-4-6-14-12(13-2)15-11/h4,6,9-10H,5,7-8H2,1-3H3,(H,13,14,15). The van der Waals surface area contributed by atoms with E-state index >= 15 is 0 Å². The molecule has 1 N–H and O–H groups in total. The summed E-state index contributed by atoms with van der Waals surface area (Å²) in [6.45, 7) is 3.20. The average Bonchev–Trinajstić information content (AvgIpc) is 2.38. The fourth-order valence-corrected chi connectivity index (χ4v) is 2.31. The highest BCUT2D eigenvalue weighted by Gasteiger charge is 2.26. The van der Waals surface area contributed by atoms with Gasteiger partial charge in [-0.15, -0.1) is 0 Å². The van der Waals surface area contributed by atoms with Gasteiger partial charge in [0.25, 0.3) is 0 Å². The van der Waals surface area contributed by atoms with Gasteiger partial charge < -0.3 is 15.0 Å². The number of aromatic nitrogens is 2. The van der Waals surface area contributed by atoms with Crippen LogP contribution in [-0.2, 0) is 4.74 Å². The van der Waals surface area contributed by atoms with E-state index in [1.54, 1.807) is 13.3 Å². The quantitative estimate of drug-likeness (QED) is 0.862. The molecular weight excluding hydrogens is 216 g/mol. The minimum Gasteiger partial charge on any atom is -0.381 e. The van der Waals surface area contributed by atoms with Gasteiger partial charge in [-0.25, -0.2) is 4.98 Å². The number of ether oxygens (including phenoxy) is 1. The second kappa shape index (κ2) is 5.31. The summed E-state index contributed by atoms with van der Waals surface area (Å²) in [5.74, 6) is 1.66. The van der Waals surface area contributed by atoms with Crippen LogP contribution in [0.25, 0.3) is 0 Å². The fourth-order valence-electron chi connectivity index (χ4n) is 2.31. The number of piperidine rings is 1. The zero-order valence-corrected chi connectivity index (χ0v) is 10.7. The molecule has 5 heteroatoms. The highest BCUT2D eigenvalue weighted by molar-refractivity contribution is 5.43. The maximum Gasteiger partial charge on any atom is 0.224 e. The van der Waals surface area contributed by atoms with Crippen LogP contribution in [0.3, 0.4) is 0 Å². The summed E-state index contributed by atoms with van der Waals surface area (Å²) in [5, 5.41) is 2.97. The van der Waals surface area contributed by atoms with Crippen LogP contribution in [0, 0.1) is 0 Å². The lowest BCUT2D eigenvalue weighted by molar-refractivity contribution is 0.0719. The van der Waals surface area contributed by atoms with Crippen LogP contribution in [0.4, 0.5) is 11.8 Å². The van der Waals surface area contributed by atoms with Crippen molar-refractivity contribution in [3.8, 4) is 0 Å². The molecule has 2 heterocycles. The third kappa shape index (κ3) is 2.66. The predicted molar refractivity (Wildman–Crippen MR) is 68.4 cm³/mol. The molecule has 1 aliphatic heterocycles. The molecule has 0 aromatic carbocycles. The van der Waals surface area contributed by atoms with Gasteiger partial charge in [-0.05, 0) is 25.8 Å². The van der Waals surface area contributed by atoms with Gasteiger partial charge in [0.1, 0.15) is 5.82 Å². The number of rotatable bonds is 3. The Morgan fingerprint density at radius 1 is 1.53 bits per heavy atom. The number of hydrogen-bond donors (Lipinski definition) is 1. The Hall–Kier alpha value is -1.36. The Balaban J connectivity index is 2.11. The molecule has 94 valence electrons. The molecule has 0 spiro atoms. The van der Waals surface area contributed by atoms with Crippen LogP contribution in [0.1, 0.15) is 19.8 Å². The maximum absolute atomic E-state index is 5.42. The van der Waals surface area contributed by atoms with E-state index in [0.29, 0.717) is 18.1 Å². The largest absolute Gasteiger partial charge is 0.381 e. The summed E-state index contributed by atoms with van der Waals surface area (Å²) in [6.07, 6.45) is 4.28. The molecule has 0 amide bonds. The normalized spacial score (nSPS) is 24.8. The first-order valence-electron chi connectivity index (χ1n) is 6.05. The monoisotopic (exact) mass is 236 g/mol. The maximum atomic E-state index is 5.42. The molecule has 5 nitrogen and oxygen atoms in total. The van der Waals surface area contributed by atoms with E-state index in [9.17, 15) is 0 Å². The van der Waals surface area contributed by atoms with Gasteiger partial charge in [-0.1, -0.05) is 0 Å². The van der Waals surface area contributed by atoms with Gasteiger partial charge in [0.15, 0.2) is 0 Å². The van der Waals surface area contributed by atoms with Gasteiger partial charge in [-0.3, -0.25) is 0 Å². The molecule has 17 heavy (non-hydrogen) atoms. The first-order chi connectivity index (χ1) is 8.24. The summed E-state index contributed by atoms with van der Waals surface area (Å²) < 4.78 is 5.42. The van der Waals surface area contributed by atoms with E-state index in [1.165, 1.54) is 0 Å². The molecular formula is C12H20N4O. The van der Waals surface area contributed by atoms with Gasteiger partial charge >= 0.3 is 0 Å². The Morgan fingerprint density at radius 2 is 2.35 bits per heavy atom. The first kappa shape index (κ1) is 12.1. The Kier molecular flexibility index (Phi) is 3.78. The minimum absolute atomic E-state index is 0.381. The highest BCUT2D eigenvalue weighted by atomic mass is 16.5. The molecule has 1 aliphatic rings. The van der Waals surface area contributed by atoms with Crippen molar-refractivity contribution < 1.29 is 4.74 Å². The number of methoxy groups -OCH3 is 1. The van der Waals surface area contributed by atoms with Crippen LogP contribution >= 0.6 is 0 Å². The molecule has 1 fully saturated rings. The molecule has 1 aromatic rings. The third-order valence-corrected chi connectivity index (χ3v) is 3.32. The van der Waals surface area contributed by atoms with Crippen LogP contribution in [0.15, 0.2) is 12.3 Å². The molecule has 2 atom stereocenters. The lowest BCUT2D eigenvalue weighted by Gasteiger charge is -2.37. The van der Waals surface area contributed by atoms with E-state index in [4.69, 9.17) is 4.74 Å². The molecule has 2 unspecified atom stereocenters. The van der Waals surface area contributed by atoms with Crippen LogP contribution < -0.4 is 10.2 Å². The molecule has 0 saturated carbocycles. The molecule has 1 saturated heterocycles. The minimum atomic E-state index is 0.381. The molecule has 0 radical (unpaired) electrons. The summed E-state index contributed by atoms with van der Waals surface area (Å²) in [7, 11) is 3.62. The first-order valence-corrected chi connectivity index (χ1v) is 6.05. The molecule has 2 rings (SSSR count). The van der Waals surface area contributed by atoms with Gasteiger partial charge in [0.05, 0.1) is 6.10 Å². The number of nitrogens with zero attached hydrogens (tertiary/aromatic N) is 3. The van der Waals surface area contributed by atoms with Crippen molar-refractivity contribution >= 4 is 11.8 Å². The van der Waals surface area contributed by atoms with E-state index < -0.39 is 0 Å². The van der Waals surface area contributed by atoms with Crippen molar-refractivity contribution in [2.45, 2.75) is 31.9 Å². The van der Waals surface area contributed by atoms with Crippen molar-refractivity contribution in [2.24, 2.45) is 0 Å². The van der Waals surface area contributed by atoms with Crippen molar-refractivity contribution in [1.82, 2.24) is 9.97 Å². The van der Waals surface area contributed by atoms with E-state index in [-0.39, 0.29) is 0 Å². The topological polar surface area (TPSA) is 50.3 Å². The summed E-state index contributed by atoms with van der Waals surface area (Å²) in [4.78, 5) is 10.9. The molecule has 1 aromatic heterocycles. The summed E-state index contributed by atoms with van der Waals surface area (Å²) in [6, 6.07) is 2.41. The third-order valence-electron chi connectivity index (χ3n) is 3.32. The fraction of sp³-hybridized carbons (Fsp3) is 0.667. The summed E-state index contributed by atoms with van der Waals surface area (Å²) >= 11 is 0. The Bertz CT molecular complexity index is 371. The molecule has 0 aliphatic carbocycles. The van der Waals surface area contributed by atoms with Crippen LogP contribution in [0.5, 0.6) is 0 Å². The lowest BCUT2D eigenvalue weighted by atomic mass is 10.0. The van der Waals surface area contributed by atoms with Crippen LogP contribution in [-0.4, -0.2) is 42.8 Å². The number of anilines is 2. The Labute approximate surface area is 102 Å². The highest BCUT2D eigenvalue weighted by Crippen LogP contribution is 2.24. The predicted octanol–water partition coefficient (Wildman–Crippen LogP) is 1.52. The van der Waals surface area contributed by atoms with Crippen molar-refractivity contribution in [1.29, 1.82) is 0 Å². The van der Waals surface area contributed by atoms with E-state index in [2.05, 4.69) is 27.1 Å². The van der Waals surface area contributed by atoms with Gasteiger partial charge in [0.2, 0.25) is 5.95 Å². The van der Waals surface area contributed by atoms with Gasteiger partial charge in [-0.2, -0.15) is 4.98 Å². The van der Waals surface area contributed by atoms with Crippen molar-refractivity contribution in [2.75, 3.05) is 30.9 Å². The SMILES string of the molecule is CNc1nccc(N2CCC(OC)CC2C)n1. The van der Waals surface area contributed by atoms with Gasteiger partial charge in [0, 0.05) is 32.9 Å². The Morgan fingerprint density at radius 3 is 3.00 bits per heavy atom. The summed E-state index contributed by atoms with van der Waals surface area (Å²) in [5.41, 5.74) is 0. The zero-order valence-electron chi connectivity index (χ0n) is 10.7. The second-order valence-electron chi connectivity index (χ2n) is 4.41. The van der Waals surface area contributed by atoms with Crippen molar-refractivity contribution in [3.05, 3.63) is 12.3 Å². The number of hydrogen-bond acceptors (Lipinski definition) is 5. The smallest absolute Gasteiger partial charge is 0.224 e. The molecule has 0 bridgehead atoms. The lowest BCUT2D eigenvalue weighted by Crippen LogP contribution is -2.43. The average molecular weight is 236 g/mol. The van der Waals surface area contributed by atoms with Crippen molar-refractivity contribution in [3.63, 3.8) is 0 Å². The zero-order chi connectivity index (χ0) is 12.3. The van der Waals surface area contributed by atoms with Crippen LogP contribution in [0.2, 0.25) is 0 Å².